The molecule has 5 atom stereocenters. The molecule has 0 aromatic rings. The number of aliphatic hydroxyl groups excluding tert-OH is 2. The summed E-state index contributed by atoms with van der Waals surface area (Å²) in [5.41, 5.74) is 0. The Morgan fingerprint density at radius 3 is 2.24 bits per heavy atom. The highest BCUT2D eigenvalue weighted by Gasteiger charge is 2.39. The van der Waals surface area contributed by atoms with E-state index in [1.54, 1.807) is 12.2 Å². The molecule has 4 N–H and O–H groups in total. The van der Waals surface area contributed by atoms with Crippen LogP contribution in [0.3, 0.4) is 0 Å². The smallest absolute Gasteiger partial charge is 0.462 e. The number of rotatable bonds is 26. The number of carbonyl (C=O) groups excluding carboxylic acids is 3. The number of unbranched alkanes of at least 4 members (excludes halogenated alkanes) is 9. The van der Waals surface area contributed by atoms with Gasteiger partial charge in [-0.2, -0.15) is 0 Å². The Hall–Kier alpha value is -1.88. The third-order valence-electron chi connectivity index (χ3n) is 7.85. The van der Waals surface area contributed by atoms with Crippen molar-refractivity contribution < 1.29 is 52.9 Å². The van der Waals surface area contributed by atoms with E-state index in [4.69, 9.17) is 19.3 Å². The summed E-state index contributed by atoms with van der Waals surface area (Å²) in [6.45, 7) is 3.26. The van der Waals surface area contributed by atoms with Crippen LogP contribution in [-0.2, 0) is 32.9 Å². The SMILES string of the molecule is CCCCCCCCCC(=O)OC[C@H](COP(=O)(O)O)OC(=O)CCC/C=C\C[C@H]1[C@@H](O)CC(=O)[C@@H]1/C=C/[C@@H](O)CCCCC. The van der Waals surface area contributed by atoms with Crippen LogP contribution in [0, 0.1) is 11.8 Å². The molecule has 12 heteroatoms. The molecule has 1 aliphatic carbocycles. The second kappa shape index (κ2) is 24.3. The molecule has 0 bridgehead atoms. The maximum atomic E-state index is 12.4. The van der Waals surface area contributed by atoms with Gasteiger partial charge in [0, 0.05) is 31.1 Å². The lowest BCUT2D eigenvalue weighted by molar-refractivity contribution is -0.161. The Labute approximate surface area is 269 Å². The van der Waals surface area contributed by atoms with Crippen LogP contribution in [0.1, 0.15) is 123 Å². The zero-order valence-electron chi connectivity index (χ0n) is 27.2. The fourth-order valence-corrected chi connectivity index (χ4v) is 5.59. The number of carbonyl (C=O) groups is 3. The van der Waals surface area contributed by atoms with Crippen molar-refractivity contribution in [3.8, 4) is 0 Å². The highest BCUT2D eigenvalue weighted by molar-refractivity contribution is 7.46. The number of hydrogen-bond acceptors (Lipinski definition) is 9. The third-order valence-corrected chi connectivity index (χ3v) is 8.34. The van der Waals surface area contributed by atoms with Crippen LogP contribution in [-0.4, -0.2) is 69.2 Å². The summed E-state index contributed by atoms with van der Waals surface area (Å²) in [6, 6.07) is 0. The first kappa shape index (κ1) is 41.1. The molecule has 45 heavy (non-hydrogen) atoms. The number of hydrogen-bond donors (Lipinski definition) is 4. The van der Waals surface area contributed by atoms with Crippen molar-refractivity contribution in [2.75, 3.05) is 13.2 Å². The summed E-state index contributed by atoms with van der Waals surface area (Å²) in [6.07, 6.45) is 17.3. The molecule has 0 aliphatic heterocycles. The van der Waals surface area contributed by atoms with Gasteiger partial charge in [-0.05, 0) is 32.1 Å². The Kier molecular flexibility index (Phi) is 22.2. The van der Waals surface area contributed by atoms with Crippen molar-refractivity contribution in [2.24, 2.45) is 11.8 Å². The molecule has 1 saturated carbocycles. The zero-order valence-corrected chi connectivity index (χ0v) is 28.1. The fourth-order valence-electron chi connectivity index (χ4n) is 5.23. The highest BCUT2D eigenvalue weighted by atomic mass is 31.2. The number of ether oxygens (including phenoxy) is 2. The second-order valence-corrected chi connectivity index (χ2v) is 13.2. The number of Topliss-reactive ketones (excluding diaryl/α,β-unsaturated/α-hetero) is 1. The largest absolute Gasteiger partial charge is 0.469 e. The van der Waals surface area contributed by atoms with Gasteiger partial charge in [-0.1, -0.05) is 95.9 Å². The van der Waals surface area contributed by atoms with Crippen molar-refractivity contribution in [3.05, 3.63) is 24.3 Å². The molecule has 0 heterocycles. The molecular weight excluding hydrogens is 603 g/mol. The van der Waals surface area contributed by atoms with Crippen molar-refractivity contribution in [1.29, 1.82) is 0 Å². The molecule has 0 aromatic carbocycles. The molecule has 0 amide bonds. The van der Waals surface area contributed by atoms with Gasteiger partial charge in [0.25, 0.3) is 0 Å². The summed E-state index contributed by atoms with van der Waals surface area (Å²) < 4.78 is 26.1. The fraction of sp³-hybridized carbons (Fsp3) is 0.788. The molecule has 0 spiro atoms. The lowest BCUT2D eigenvalue weighted by Crippen LogP contribution is -2.29. The molecule has 0 radical (unpaired) electrons. The lowest BCUT2D eigenvalue weighted by atomic mass is 9.90. The van der Waals surface area contributed by atoms with Gasteiger partial charge in [0.1, 0.15) is 12.4 Å². The monoisotopic (exact) mass is 660 g/mol. The minimum atomic E-state index is -4.81. The van der Waals surface area contributed by atoms with Crippen LogP contribution in [0.15, 0.2) is 24.3 Å². The number of phosphoric acid groups is 1. The molecular formula is C33H57O11P. The molecule has 11 nitrogen and oxygen atoms in total. The van der Waals surface area contributed by atoms with E-state index >= 15 is 0 Å². The standard InChI is InChI=1S/C33H57O11P/c1-3-5-7-8-9-10-15-19-32(37)42-24-27(25-43-45(39,40)41)44-33(38)20-16-12-11-14-18-28-29(31(36)23-30(28)35)22-21-26(34)17-13-6-4-2/h11,14,21-22,26-30,34-35H,3-10,12-13,15-20,23-25H2,1-2H3,(H2,39,40,41)/b14-11-,22-21+/t26-,27+,28+,29+,30-/m0/s1. The highest BCUT2D eigenvalue weighted by Crippen LogP contribution is 2.36. The van der Waals surface area contributed by atoms with Crippen molar-refractivity contribution in [3.63, 3.8) is 0 Å². The van der Waals surface area contributed by atoms with E-state index in [0.717, 1.165) is 38.5 Å². The van der Waals surface area contributed by atoms with E-state index in [1.165, 1.54) is 19.3 Å². The van der Waals surface area contributed by atoms with Gasteiger partial charge >= 0.3 is 19.8 Å². The minimum absolute atomic E-state index is 0.0224. The van der Waals surface area contributed by atoms with Crippen molar-refractivity contribution >= 4 is 25.5 Å². The molecule has 0 aromatic heterocycles. The topological polar surface area (TPSA) is 177 Å². The van der Waals surface area contributed by atoms with Gasteiger partial charge in [0.15, 0.2) is 6.10 Å². The molecule has 260 valence electrons. The van der Waals surface area contributed by atoms with E-state index in [2.05, 4.69) is 18.4 Å². The van der Waals surface area contributed by atoms with Gasteiger partial charge < -0.3 is 29.5 Å². The van der Waals surface area contributed by atoms with Crippen LogP contribution in [0.2, 0.25) is 0 Å². The van der Waals surface area contributed by atoms with Crippen molar-refractivity contribution in [1.82, 2.24) is 0 Å². The average Bonchev–Trinajstić information content (AvgIpc) is 3.25. The maximum Gasteiger partial charge on any atom is 0.469 e. The van der Waals surface area contributed by atoms with E-state index in [0.29, 0.717) is 32.1 Å². The van der Waals surface area contributed by atoms with E-state index in [9.17, 15) is 29.2 Å². The molecule has 1 fully saturated rings. The minimum Gasteiger partial charge on any atom is -0.462 e. The number of ketones is 1. The Morgan fingerprint density at radius 1 is 0.911 bits per heavy atom. The predicted molar refractivity (Wildman–Crippen MR) is 171 cm³/mol. The van der Waals surface area contributed by atoms with Crippen LogP contribution in [0.25, 0.3) is 0 Å². The average molecular weight is 661 g/mol. The summed E-state index contributed by atoms with van der Waals surface area (Å²) in [7, 11) is -4.81. The summed E-state index contributed by atoms with van der Waals surface area (Å²) in [5.74, 6) is -1.86. The van der Waals surface area contributed by atoms with Gasteiger partial charge in [-0.25, -0.2) is 4.57 Å². The lowest BCUT2D eigenvalue weighted by Gasteiger charge is -2.18. The molecule has 1 rings (SSSR count). The van der Waals surface area contributed by atoms with Crippen LogP contribution in [0.4, 0.5) is 0 Å². The summed E-state index contributed by atoms with van der Waals surface area (Å²) in [4.78, 5) is 54.9. The maximum absolute atomic E-state index is 12.4. The molecule has 1 aliphatic rings. The molecule has 0 saturated heterocycles. The van der Waals surface area contributed by atoms with Crippen LogP contribution >= 0.6 is 7.82 Å². The van der Waals surface area contributed by atoms with Gasteiger partial charge in [-0.3, -0.25) is 18.9 Å². The first-order valence-electron chi connectivity index (χ1n) is 16.7. The first-order chi connectivity index (χ1) is 21.5. The Balaban J connectivity index is 2.44. The van der Waals surface area contributed by atoms with E-state index in [-0.39, 0.29) is 37.6 Å². The number of aliphatic hydroxyl groups is 2. The normalized spacial score (nSPS) is 20.2. The van der Waals surface area contributed by atoms with Crippen LogP contribution < -0.4 is 0 Å². The first-order valence-corrected chi connectivity index (χ1v) is 18.3. The Morgan fingerprint density at radius 2 is 1.56 bits per heavy atom. The second-order valence-electron chi connectivity index (χ2n) is 11.9. The predicted octanol–water partition coefficient (Wildman–Crippen LogP) is 5.87. The third kappa shape index (κ3) is 20.8. The summed E-state index contributed by atoms with van der Waals surface area (Å²) >= 11 is 0. The summed E-state index contributed by atoms with van der Waals surface area (Å²) in [5, 5.41) is 20.5. The van der Waals surface area contributed by atoms with Gasteiger partial charge in [-0.15, -0.1) is 0 Å². The number of allylic oxidation sites excluding steroid dienone is 3. The number of phosphoric ester groups is 1. The molecule has 0 unspecified atom stereocenters. The van der Waals surface area contributed by atoms with Crippen molar-refractivity contribution in [2.45, 2.75) is 141 Å². The van der Waals surface area contributed by atoms with E-state index < -0.39 is 50.6 Å². The number of esters is 2. The van der Waals surface area contributed by atoms with Crippen LogP contribution in [0.5, 0.6) is 0 Å². The zero-order chi connectivity index (χ0) is 33.5. The Bertz CT molecular complexity index is 945. The van der Waals surface area contributed by atoms with E-state index in [1.807, 2.05) is 12.2 Å². The van der Waals surface area contributed by atoms with Gasteiger partial charge in [0.2, 0.25) is 0 Å². The quantitative estimate of drug-likeness (QED) is 0.0378. The van der Waals surface area contributed by atoms with Gasteiger partial charge in [0.05, 0.1) is 18.8 Å².